The smallest absolute Gasteiger partial charge is 0.287 e. The van der Waals surface area contributed by atoms with Crippen molar-refractivity contribution in [3.8, 4) is 0 Å². The second-order valence-electron chi connectivity index (χ2n) is 3.33. The summed E-state index contributed by atoms with van der Waals surface area (Å²) in [4.78, 5) is 11.0. The van der Waals surface area contributed by atoms with Crippen LogP contribution in [0.15, 0.2) is 12.1 Å². The average molecular weight is 256 g/mol. The number of carbonyl (C=O) groups excluding carboxylic acids is 1. The minimum Gasteiger partial charge on any atom is -0.287 e. The predicted octanol–water partition coefficient (Wildman–Crippen LogP) is 3.36. The second kappa shape index (κ2) is 4.38. The van der Waals surface area contributed by atoms with Crippen LogP contribution < -0.4 is 0 Å². The third-order valence-corrected chi connectivity index (χ3v) is 2.07. The molecule has 1 nitrogen and oxygen atoms in total. The summed E-state index contributed by atoms with van der Waals surface area (Å²) in [5.41, 5.74) is -1.61. The fourth-order valence-corrected chi connectivity index (χ4v) is 1.10. The van der Waals surface area contributed by atoms with Crippen LogP contribution >= 0.6 is 0 Å². The molecule has 0 saturated heterocycles. The molecule has 0 atom stereocenters. The number of ketones is 1. The van der Waals surface area contributed by atoms with E-state index < -0.39 is 35.3 Å². The van der Waals surface area contributed by atoms with Gasteiger partial charge in [-0.25, -0.2) is 17.6 Å². The summed E-state index contributed by atoms with van der Waals surface area (Å²) in [5, 5.41) is 0. The molecule has 0 aliphatic rings. The molecular weight excluding hydrogens is 250 g/mol. The zero-order chi connectivity index (χ0) is 13.4. The third-order valence-electron chi connectivity index (χ3n) is 2.07. The van der Waals surface area contributed by atoms with E-state index in [0.717, 1.165) is 6.92 Å². The molecule has 94 valence electrons. The van der Waals surface area contributed by atoms with Gasteiger partial charge in [-0.15, -0.1) is 0 Å². The molecule has 0 heterocycles. The Morgan fingerprint density at radius 2 is 1.71 bits per heavy atom. The normalized spacial score (nSPS) is 12.0. The first-order chi connectivity index (χ1) is 7.67. The van der Waals surface area contributed by atoms with Crippen molar-refractivity contribution in [1.29, 1.82) is 0 Å². The molecule has 0 unspecified atom stereocenters. The Hall–Kier alpha value is -1.53. The number of rotatable bonds is 3. The first kappa shape index (κ1) is 13.5. The highest BCUT2D eigenvalue weighted by Gasteiger charge is 2.49. The number of aryl methyl sites for hydroxylation is 1. The van der Waals surface area contributed by atoms with Gasteiger partial charge < -0.3 is 0 Å². The number of Topliss-reactive ketones (excluding diaryl/α,β-unsaturated/α-hetero) is 1. The first-order valence-corrected chi connectivity index (χ1v) is 4.34. The zero-order valence-corrected chi connectivity index (χ0v) is 8.41. The molecule has 0 amide bonds. The van der Waals surface area contributed by atoms with Gasteiger partial charge in [-0.1, -0.05) is 0 Å². The molecule has 0 spiro atoms. The fourth-order valence-electron chi connectivity index (χ4n) is 1.10. The molecule has 7 heteroatoms. The Bertz CT molecular complexity index is 454. The lowest BCUT2D eigenvalue weighted by Crippen LogP contribution is -2.37. The monoisotopic (exact) mass is 256 g/mol. The molecule has 17 heavy (non-hydrogen) atoms. The molecule has 0 aliphatic carbocycles. The molecule has 0 radical (unpaired) electrons. The average Bonchev–Trinajstić information content (AvgIpc) is 2.22. The van der Waals surface area contributed by atoms with E-state index in [0.29, 0.717) is 6.07 Å². The van der Waals surface area contributed by atoms with Gasteiger partial charge in [-0.3, -0.25) is 4.79 Å². The fraction of sp³-hybridized carbons (Fsp3) is 0.300. The van der Waals surface area contributed by atoms with E-state index in [9.17, 15) is 31.1 Å². The van der Waals surface area contributed by atoms with Crippen molar-refractivity contribution >= 4 is 5.78 Å². The van der Waals surface area contributed by atoms with Gasteiger partial charge in [-0.2, -0.15) is 8.78 Å². The van der Waals surface area contributed by atoms with E-state index in [1.165, 1.54) is 0 Å². The zero-order valence-electron chi connectivity index (χ0n) is 8.41. The quantitative estimate of drug-likeness (QED) is 0.598. The maximum atomic E-state index is 13.1. The molecule has 0 aliphatic heterocycles. The number of hydrogen-bond acceptors (Lipinski definition) is 1. The summed E-state index contributed by atoms with van der Waals surface area (Å²) in [5.74, 6) is -10.1. The SMILES string of the molecule is Cc1cc(F)c(C(=O)C(F)(F)C(F)F)cc1F. The van der Waals surface area contributed by atoms with Crippen molar-refractivity contribution in [2.75, 3.05) is 0 Å². The van der Waals surface area contributed by atoms with Crippen LogP contribution in [0.1, 0.15) is 15.9 Å². The summed E-state index contributed by atoms with van der Waals surface area (Å²) in [6.07, 6.45) is -4.28. The summed E-state index contributed by atoms with van der Waals surface area (Å²) in [6, 6.07) is 0.674. The van der Waals surface area contributed by atoms with Gasteiger partial charge in [-0.05, 0) is 24.6 Å². The van der Waals surface area contributed by atoms with Gasteiger partial charge in [0.2, 0.25) is 5.78 Å². The summed E-state index contributed by atoms with van der Waals surface area (Å²) < 4.78 is 75.1. The lowest BCUT2D eigenvalue weighted by atomic mass is 10.0. The Morgan fingerprint density at radius 3 is 2.18 bits per heavy atom. The van der Waals surface area contributed by atoms with Crippen LogP contribution in [0.2, 0.25) is 0 Å². The number of hydrogen-bond donors (Lipinski definition) is 0. The molecule has 1 aromatic carbocycles. The minimum absolute atomic E-state index is 0.184. The van der Waals surface area contributed by atoms with Crippen LogP contribution in [0.4, 0.5) is 26.3 Å². The van der Waals surface area contributed by atoms with Crippen molar-refractivity contribution in [3.63, 3.8) is 0 Å². The minimum atomic E-state index is -5.04. The van der Waals surface area contributed by atoms with E-state index in [1.54, 1.807) is 0 Å². The molecule has 0 saturated carbocycles. The van der Waals surface area contributed by atoms with Gasteiger partial charge in [0.1, 0.15) is 11.6 Å². The van der Waals surface area contributed by atoms with E-state index in [4.69, 9.17) is 0 Å². The highest BCUT2D eigenvalue weighted by Crippen LogP contribution is 2.29. The molecular formula is C10H6F6O. The first-order valence-electron chi connectivity index (χ1n) is 4.34. The summed E-state index contributed by atoms with van der Waals surface area (Å²) in [6.45, 7) is 1.14. The maximum Gasteiger partial charge on any atom is 0.368 e. The number of benzene rings is 1. The van der Waals surface area contributed by atoms with Crippen molar-refractivity contribution in [1.82, 2.24) is 0 Å². The van der Waals surface area contributed by atoms with Crippen molar-refractivity contribution < 1.29 is 31.1 Å². The molecule has 1 rings (SSSR count). The van der Waals surface area contributed by atoms with E-state index in [1.807, 2.05) is 0 Å². The maximum absolute atomic E-state index is 13.1. The molecule has 0 fully saturated rings. The summed E-state index contributed by atoms with van der Waals surface area (Å²) >= 11 is 0. The highest BCUT2D eigenvalue weighted by atomic mass is 19.3. The van der Waals surface area contributed by atoms with Crippen molar-refractivity contribution in [3.05, 3.63) is 34.9 Å². The van der Waals surface area contributed by atoms with Crippen molar-refractivity contribution in [2.45, 2.75) is 19.3 Å². The highest BCUT2D eigenvalue weighted by molar-refractivity contribution is 6.01. The topological polar surface area (TPSA) is 17.1 Å². The van der Waals surface area contributed by atoms with Gasteiger partial charge >= 0.3 is 12.3 Å². The molecule has 0 bridgehead atoms. The standard InChI is InChI=1S/C10H6F6O/c1-4-2-7(12)5(3-6(4)11)8(17)10(15,16)9(13)14/h2-3,9H,1H3. The van der Waals surface area contributed by atoms with Crippen LogP contribution in [0.25, 0.3) is 0 Å². The van der Waals surface area contributed by atoms with Gasteiger partial charge in [0, 0.05) is 0 Å². The van der Waals surface area contributed by atoms with Crippen LogP contribution in [0, 0.1) is 18.6 Å². The van der Waals surface area contributed by atoms with Crippen LogP contribution in [0.3, 0.4) is 0 Å². The molecule has 0 aromatic heterocycles. The van der Waals surface area contributed by atoms with Crippen LogP contribution in [-0.4, -0.2) is 18.1 Å². The Labute approximate surface area is 92.0 Å². The number of alkyl halides is 4. The van der Waals surface area contributed by atoms with Gasteiger partial charge in [0.15, 0.2) is 0 Å². The van der Waals surface area contributed by atoms with E-state index >= 15 is 0 Å². The Kier molecular flexibility index (Phi) is 3.49. The van der Waals surface area contributed by atoms with Gasteiger partial charge in [0.25, 0.3) is 0 Å². The number of halogens is 6. The van der Waals surface area contributed by atoms with Gasteiger partial charge in [0.05, 0.1) is 5.56 Å². The lowest BCUT2D eigenvalue weighted by Gasteiger charge is -2.14. The number of carbonyl (C=O) groups is 1. The Morgan fingerprint density at radius 1 is 1.18 bits per heavy atom. The predicted molar refractivity (Wildman–Crippen MR) is 46.4 cm³/mol. The van der Waals surface area contributed by atoms with Crippen LogP contribution in [-0.2, 0) is 0 Å². The largest absolute Gasteiger partial charge is 0.368 e. The third kappa shape index (κ3) is 2.42. The Balaban J connectivity index is 3.27. The van der Waals surface area contributed by atoms with Crippen LogP contribution in [0.5, 0.6) is 0 Å². The summed E-state index contributed by atoms with van der Waals surface area (Å²) in [7, 11) is 0. The van der Waals surface area contributed by atoms with E-state index in [-0.39, 0.29) is 11.6 Å². The molecule has 0 N–H and O–H groups in total. The lowest BCUT2D eigenvalue weighted by molar-refractivity contribution is -0.0959. The molecule has 1 aromatic rings. The van der Waals surface area contributed by atoms with Crippen molar-refractivity contribution in [2.24, 2.45) is 0 Å². The van der Waals surface area contributed by atoms with E-state index in [2.05, 4.69) is 0 Å². The second-order valence-corrected chi connectivity index (χ2v) is 3.33.